The van der Waals surface area contributed by atoms with Crippen LogP contribution in [0.25, 0.3) is 0 Å². The number of nitrogens with one attached hydrogen (secondary N) is 2. The normalized spacial score (nSPS) is 33.1. The van der Waals surface area contributed by atoms with Gasteiger partial charge in [-0.3, -0.25) is 9.59 Å². The van der Waals surface area contributed by atoms with E-state index in [1.807, 2.05) is 37.3 Å². The Hall–Kier alpha value is -1.92. The highest BCUT2D eigenvalue weighted by Gasteiger charge is 2.53. The van der Waals surface area contributed by atoms with E-state index in [1.54, 1.807) is 7.11 Å². The summed E-state index contributed by atoms with van der Waals surface area (Å²) in [5, 5.41) is 17.6. The number of aliphatic hydroxyl groups excluding tert-OH is 1. The van der Waals surface area contributed by atoms with Crippen LogP contribution in [0.2, 0.25) is 0 Å². The van der Waals surface area contributed by atoms with Gasteiger partial charge in [0.05, 0.1) is 19.1 Å². The second-order valence-electron chi connectivity index (χ2n) is 10.2. The first-order chi connectivity index (χ1) is 15.3. The van der Waals surface area contributed by atoms with Crippen molar-refractivity contribution in [1.82, 2.24) is 10.6 Å². The molecular weight excluding hydrogens is 404 g/mol. The summed E-state index contributed by atoms with van der Waals surface area (Å²) in [6.07, 6.45) is 3.58. The molecule has 178 valence electrons. The van der Waals surface area contributed by atoms with Crippen molar-refractivity contribution in [2.75, 3.05) is 20.3 Å². The summed E-state index contributed by atoms with van der Waals surface area (Å²) in [5.74, 6) is -0.111. The summed E-state index contributed by atoms with van der Waals surface area (Å²) in [6, 6.07) is 9.82. The van der Waals surface area contributed by atoms with E-state index in [2.05, 4.69) is 24.5 Å². The fourth-order valence-corrected chi connectivity index (χ4v) is 6.17. The zero-order chi connectivity index (χ0) is 23.3. The molecule has 0 aromatic heterocycles. The van der Waals surface area contributed by atoms with Crippen molar-refractivity contribution in [3.8, 4) is 0 Å². The Labute approximate surface area is 192 Å². The van der Waals surface area contributed by atoms with Gasteiger partial charge in [0.2, 0.25) is 11.8 Å². The molecule has 2 saturated carbocycles. The summed E-state index contributed by atoms with van der Waals surface area (Å²) in [5.41, 5.74) is 1.05. The zero-order valence-corrected chi connectivity index (χ0v) is 20.0. The van der Waals surface area contributed by atoms with Crippen molar-refractivity contribution in [3.63, 3.8) is 0 Å². The van der Waals surface area contributed by atoms with Gasteiger partial charge in [0, 0.05) is 25.6 Å². The van der Waals surface area contributed by atoms with Crippen LogP contribution in [0, 0.1) is 29.1 Å². The molecule has 32 heavy (non-hydrogen) atoms. The molecule has 2 amide bonds. The van der Waals surface area contributed by atoms with E-state index < -0.39 is 6.10 Å². The average molecular weight is 445 g/mol. The molecule has 0 unspecified atom stereocenters. The molecule has 0 heterocycles. The molecule has 2 aliphatic carbocycles. The Balaban J connectivity index is 1.65. The van der Waals surface area contributed by atoms with Gasteiger partial charge in [0.1, 0.15) is 0 Å². The molecule has 2 aliphatic rings. The Morgan fingerprint density at radius 3 is 2.59 bits per heavy atom. The second-order valence-corrected chi connectivity index (χ2v) is 10.2. The average Bonchev–Trinajstić information content (AvgIpc) is 2.76. The Morgan fingerprint density at radius 1 is 1.22 bits per heavy atom. The van der Waals surface area contributed by atoms with E-state index in [4.69, 9.17) is 4.74 Å². The number of fused-ring (bicyclic) bond motifs is 1. The molecule has 0 aliphatic heterocycles. The maximum absolute atomic E-state index is 12.7. The number of amides is 2. The van der Waals surface area contributed by atoms with Crippen molar-refractivity contribution in [2.45, 2.75) is 65.0 Å². The molecule has 0 spiro atoms. The quantitative estimate of drug-likeness (QED) is 0.538. The predicted octanol–water partition coefficient (Wildman–Crippen LogP) is 2.94. The number of carbonyl (C=O) groups excluding carboxylic acids is 2. The largest absolute Gasteiger partial charge is 0.392 e. The molecule has 7 atom stereocenters. The summed E-state index contributed by atoms with van der Waals surface area (Å²) >= 11 is 0. The molecule has 3 N–H and O–H groups in total. The minimum atomic E-state index is -0.555. The van der Waals surface area contributed by atoms with Crippen LogP contribution in [-0.2, 0) is 20.7 Å². The summed E-state index contributed by atoms with van der Waals surface area (Å²) < 4.78 is 5.02. The van der Waals surface area contributed by atoms with Crippen molar-refractivity contribution in [3.05, 3.63) is 35.9 Å². The monoisotopic (exact) mass is 444 g/mol. The van der Waals surface area contributed by atoms with Crippen molar-refractivity contribution in [1.29, 1.82) is 0 Å². The number of aliphatic hydroxyl groups is 1. The Bertz CT molecular complexity index is 770. The first-order valence-electron chi connectivity index (χ1n) is 12.0. The standard InChI is InChI=1S/C26H40N2O4/c1-17(25(31)27-14-15-32-4)20-10-12-26(3)13-11-21(18(2)23(26)24(20)30)28-22(29)16-19-8-6-5-7-9-19/h5-9,17-18,20-21,23-24,30H,10-16H2,1-4H3,(H,27,31)(H,28,29)/t17-,18+,20+,21-,23+,24-,26-/m0/s1. The molecule has 6 nitrogen and oxygen atoms in total. The third kappa shape index (κ3) is 5.52. The van der Waals surface area contributed by atoms with Gasteiger partial charge in [0.25, 0.3) is 0 Å². The van der Waals surface area contributed by atoms with Crippen LogP contribution < -0.4 is 10.6 Å². The van der Waals surface area contributed by atoms with Crippen molar-refractivity contribution in [2.24, 2.45) is 29.1 Å². The molecule has 3 rings (SSSR count). The van der Waals surface area contributed by atoms with Crippen molar-refractivity contribution >= 4 is 11.8 Å². The van der Waals surface area contributed by atoms with Gasteiger partial charge in [-0.25, -0.2) is 0 Å². The van der Waals surface area contributed by atoms with Gasteiger partial charge in [-0.2, -0.15) is 0 Å². The number of carbonyl (C=O) groups is 2. The topological polar surface area (TPSA) is 87.7 Å². The number of rotatable bonds is 8. The molecule has 2 fully saturated rings. The van der Waals surface area contributed by atoms with Gasteiger partial charge < -0.3 is 20.5 Å². The minimum absolute atomic E-state index is 0.0223. The highest BCUT2D eigenvalue weighted by atomic mass is 16.5. The lowest BCUT2D eigenvalue weighted by atomic mass is 9.51. The SMILES string of the molecule is COCCNC(=O)[C@@H](C)[C@H]1CC[C@@]2(C)CC[C@H](NC(=O)Cc3ccccc3)[C@@H](C)[C@@H]2[C@H]1O. The van der Waals surface area contributed by atoms with Crippen LogP contribution in [0.1, 0.15) is 52.0 Å². The van der Waals surface area contributed by atoms with E-state index >= 15 is 0 Å². The van der Waals surface area contributed by atoms with Crippen LogP contribution in [0.4, 0.5) is 0 Å². The molecule has 0 bridgehead atoms. The summed E-state index contributed by atoms with van der Waals surface area (Å²) in [7, 11) is 1.61. The highest BCUT2D eigenvalue weighted by molar-refractivity contribution is 5.79. The van der Waals surface area contributed by atoms with Gasteiger partial charge in [-0.1, -0.05) is 51.1 Å². The van der Waals surface area contributed by atoms with Gasteiger partial charge >= 0.3 is 0 Å². The minimum Gasteiger partial charge on any atom is -0.392 e. The third-order valence-corrected chi connectivity index (χ3v) is 8.10. The lowest BCUT2D eigenvalue weighted by molar-refractivity contribution is -0.143. The van der Waals surface area contributed by atoms with E-state index in [9.17, 15) is 14.7 Å². The summed E-state index contributed by atoms with van der Waals surface area (Å²) in [4.78, 5) is 25.3. The fourth-order valence-electron chi connectivity index (χ4n) is 6.17. The highest BCUT2D eigenvalue weighted by Crippen LogP contribution is 2.55. The molecule has 1 aromatic carbocycles. The first-order valence-corrected chi connectivity index (χ1v) is 12.0. The van der Waals surface area contributed by atoms with E-state index in [0.717, 1.165) is 31.2 Å². The Kier molecular flexibility index (Phi) is 8.34. The molecular formula is C26H40N2O4. The van der Waals surface area contributed by atoms with Crippen molar-refractivity contribution < 1.29 is 19.4 Å². The fraction of sp³-hybridized carbons (Fsp3) is 0.692. The van der Waals surface area contributed by atoms with Gasteiger partial charge in [-0.05, 0) is 54.4 Å². The second kappa shape index (κ2) is 10.8. The van der Waals surface area contributed by atoms with Gasteiger partial charge in [-0.15, -0.1) is 0 Å². The Morgan fingerprint density at radius 2 is 1.91 bits per heavy atom. The number of hydrogen-bond acceptors (Lipinski definition) is 4. The zero-order valence-electron chi connectivity index (χ0n) is 20.0. The number of ether oxygens (including phenoxy) is 1. The van der Waals surface area contributed by atoms with Crippen LogP contribution in [0.5, 0.6) is 0 Å². The molecule has 0 radical (unpaired) electrons. The van der Waals surface area contributed by atoms with E-state index in [-0.39, 0.29) is 46.9 Å². The summed E-state index contributed by atoms with van der Waals surface area (Å²) in [6.45, 7) is 7.32. The molecule has 1 aromatic rings. The number of hydrogen-bond donors (Lipinski definition) is 3. The van der Waals surface area contributed by atoms with Crippen LogP contribution in [-0.4, -0.2) is 49.3 Å². The van der Waals surface area contributed by atoms with Gasteiger partial charge in [0.15, 0.2) is 0 Å². The maximum Gasteiger partial charge on any atom is 0.224 e. The molecule has 6 heteroatoms. The van der Waals surface area contributed by atoms with E-state index in [1.165, 1.54) is 0 Å². The third-order valence-electron chi connectivity index (χ3n) is 8.10. The lowest BCUT2D eigenvalue weighted by Gasteiger charge is -2.56. The first kappa shape index (κ1) is 24.7. The number of benzene rings is 1. The predicted molar refractivity (Wildman–Crippen MR) is 125 cm³/mol. The smallest absolute Gasteiger partial charge is 0.224 e. The lowest BCUT2D eigenvalue weighted by Crippen LogP contribution is -2.58. The van der Waals surface area contributed by atoms with Crippen LogP contribution in [0.3, 0.4) is 0 Å². The van der Waals surface area contributed by atoms with Crippen LogP contribution in [0.15, 0.2) is 30.3 Å². The number of methoxy groups -OCH3 is 1. The maximum atomic E-state index is 12.7. The van der Waals surface area contributed by atoms with Crippen LogP contribution >= 0.6 is 0 Å². The van der Waals surface area contributed by atoms with E-state index in [0.29, 0.717) is 19.6 Å². The molecule has 0 saturated heterocycles.